The van der Waals surface area contributed by atoms with Crippen molar-refractivity contribution in [2.45, 2.75) is 6.10 Å². The zero-order valence-corrected chi connectivity index (χ0v) is 11.4. The van der Waals surface area contributed by atoms with Crippen LogP contribution in [0, 0.1) is 5.82 Å². The fraction of sp³-hybridized carbons (Fsp3) is 0.364. The van der Waals surface area contributed by atoms with Crippen LogP contribution in [0.2, 0.25) is 0 Å². The number of anilines is 1. The molecule has 0 aromatic heterocycles. The number of nitrogens with one attached hydrogen (secondary N) is 1. The molecule has 1 aromatic carbocycles. The molecule has 20 heavy (non-hydrogen) atoms. The molecule has 1 aliphatic rings. The van der Waals surface area contributed by atoms with Crippen LogP contribution < -0.4 is 4.72 Å². The van der Waals surface area contributed by atoms with Gasteiger partial charge in [0, 0.05) is 20.2 Å². The third kappa shape index (κ3) is 2.89. The van der Waals surface area contributed by atoms with Crippen LogP contribution in [0.1, 0.15) is 10.4 Å². The molecule has 0 radical (unpaired) electrons. The van der Waals surface area contributed by atoms with Gasteiger partial charge in [0.2, 0.25) is 0 Å². The molecule has 0 unspecified atom stereocenters. The molecule has 110 valence electrons. The molecule has 1 heterocycles. The molecule has 1 saturated heterocycles. The first-order valence-electron chi connectivity index (χ1n) is 5.67. The molecule has 0 bridgehead atoms. The lowest BCUT2D eigenvalue weighted by Crippen LogP contribution is -2.55. The summed E-state index contributed by atoms with van der Waals surface area (Å²) in [6.07, 6.45) is -0.161. The molecule has 0 spiro atoms. The predicted octanol–water partition coefficient (Wildman–Crippen LogP) is 0.511. The number of ether oxygens (including phenoxy) is 1. The van der Waals surface area contributed by atoms with Crippen LogP contribution >= 0.6 is 0 Å². The van der Waals surface area contributed by atoms with Crippen LogP contribution in [0.3, 0.4) is 0 Å². The largest absolute Gasteiger partial charge is 0.478 e. The van der Waals surface area contributed by atoms with Crippen LogP contribution in [-0.2, 0) is 14.9 Å². The fourth-order valence-electron chi connectivity index (χ4n) is 1.68. The third-order valence-electron chi connectivity index (χ3n) is 2.94. The second kappa shape index (κ2) is 5.35. The number of carboxylic acid groups (broad SMARTS) is 1. The number of hydrogen-bond donors (Lipinski definition) is 2. The number of benzene rings is 1. The van der Waals surface area contributed by atoms with Gasteiger partial charge in [-0.05, 0) is 18.2 Å². The summed E-state index contributed by atoms with van der Waals surface area (Å²) in [4.78, 5) is 10.7. The number of carbonyl (C=O) groups is 1. The van der Waals surface area contributed by atoms with Crippen LogP contribution in [0.15, 0.2) is 18.2 Å². The van der Waals surface area contributed by atoms with E-state index in [1.807, 2.05) is 0 Å². The van der Waals surface area contributed by atoms with E-state index < -0.39 is 22.0 Å². The van der Waals surface area contributed by atoms with E-state index in [2.05, 4.69) is 4.72 Å². The molecule has 9 heteroatoms. The summed E-state index contributed by atoms with van der Waals surface area (Å²) in [5.74, 6) is -2.23. The summed E-state index contributed by atoms with van der Waals surface area (Å²) < 4.78 is 45.5. The molecule has 1 aliphatic heterocycles. The molecule has 7 nitrogen and oxygen atoms in total. The van der Waals surface area contributed by atoms with E-state index in [-0.39, 0.29) is 30.4 Å². The molecule has 2 N–H and O–H groups in total. The normalized spacial score (nSPS) is 16.7. The predicted molar refractivity (Wildman–Crippen MR) is 68.3 cm³/mol. The van der Waals surface area contributed by atoms with E-state index in [0.717, 1.165) is 22.5 Å². The second-order valence-corrected chi connectivity index (χ2v) is 5.95. The minimum absolute atomic E-state index is 0.161. The van der Waals surface area contributed by atoms with Crippen LogP contribution in [0.25, 0.3) is 0 Å². The number of halogens is 1. The van der Waals surface area contributed by atoms with Crippen molar-refractivity contribution < 1.29 is 27.4 Å². The van der Waals surface area contributed by atoms with Crippen LogP contribution in [-0.4, -0.2) is 50.1 Å². The highest BCUT2D eigenvalue weighted by Gasteiger charge is 2.36. The Balaban J connectivity index is 2.12. The van der Waals surface area contributed by atoms with Gasteiger partial charge in [-0.2, -0.15) is 12.7 Å². The molecular weight excluding hydrogens is 291 g/mol. The van der Waals surface area contributed by atoms with E-state index in [1.54, 1.807) is 0 Å². The Morgan fingerprint density at radius 3 is 2.65 bits per heavy atom. The molecule has 0 aliphatic carbocycles. The van der Waals surface area contributed by atoms with Gasteiger partial charge in [0.25, 0.3) is 0 Å². The number of methoxy groups -OCH3 is 1. The van der Waals surface area contributed by atoms with Gasteiger partial charge < -0.3 is 9.84 Å². The summed E-state index contributed by atoms with van der Waals surface area (Å²) in [6, 6.07) is 2.95. The Bertz CT molecular complexity index is 628. The van der Waals surface area contributed by atoms with Gasteiger partial charge in [0.1, 0.15) is 5.82 Å². The highest BCUT2D eigenvalue weighted by atomic mass is 32.2. The fourth-order valence-corrected chi connectivity index (χ4v) is 2.98. The Hall–Kier alpha value is -1.71. The number of aromatic carboxylic acids is 1. The van der Waals surface area contributed by atoms with Crippen molar-refractivity contribution in [3.63, 3.8) is 0 Å². The van der Waals surface area contributed by atoms with E-state index in [9.17, 15) is 17.6 Å². The molecule has 1 fully saturated rings. The topological polar surface area (TPSA) is 95.9 Å². The number of rotatable bonds is 5. The van der Waals surface area contributed by atoms with Gasteiger partial charge >= 0.3 is 16.2 Å². The molecule has 2 rings (SSSR count). The SMILES string of the molecule is COC1CN(S(=O)(=O)Nc2ccc(C(=O)O)cc2F)C1. The Kier molecular flexibility index (Phi) is 3.93. The average molecular weight is 304 g/mol. The van der Waals surface area contributed by atoms with E-state index in [1.165, 1.54) is 7.11 Å². The van der Waals surface area contributed by atoms with Gasteiger partial charge in [0.05, 0.1) is 17.4 Å². The minimum Gasteiger partial charge on any atom is -0.478 e. The Morgan fingerprint density at radius 1 is 1.50 bits per heavy atom. The molecular formula is C11H13FN2O5S. The first kappa shape index (κ1) is 14.7. The molecule has 0 atom stereocenters. The van der Waals surface area contributed by atoms with Gasteiger partial charge in [-0.3, -0.25) is 4.72 Å². The zero-order chi connectivity index (χ0) is 14.9. The Morgan fingerprint density at radius 2 is 2.15 bits per heavy atom. The molecule has 0 saturated carbocycles. The highest BCUT2D eigenvalue weighted by Crippen LogP contribution is 2.21. The lowest BCUT2D eigenvalue weighted by Gasteiger charge is -2.36. The smallest absolute Gasteiger partial charge is 0.335 e. The number of hydrogen-bond acceptors (Lipinski definition) is 4. The maximum absolute atomic E-state index is 13.6. The number of carboxylic acids is 1. The molecule has 0 amide bonds. The second-order valence-electron chi connectivity index (χ2n) is 4.28. The van der Waals surface area contributed by atoms with Crippen molar-refractivity contribution in [1.82, 2.24) is 4.31 Å². The lowest BCUT2D eigenvalue weighted by atomic mass is 10.2. The van der Waals surface area contributed by atoms with E-state index in [4.69, 9.17) is 9.84 Å². The summed E-state index contributed by atoms with van der Waals surface area (Å²) in [5.41, 5.74) is -0.551. The van der Waals surface area contributed by atoms with Crippen molar-refractivity contribution >= 4 is 21.9 Å². The van der Waals surface area contributed by atoms with Crippen molar-refractivity contribution in [3.8, 4) is 0 Å². The minimum atomic E-state index is -3.86. The first-order valence-corrected chi connectivity index (χ1v) is 7.11. The summed E-state index contributed by atoms with van der Waals surface area (Å²) >= 11 is 0. The summed E-state index contributed by atoms with van der Waals surface area (Å²) in [7, 11) is -2.38. The van der Waals surface area contributed by atoms with Gasteiger partial charge in [0.15, 0.2) is 0 Å². The maximum atomic E-state index is 13.6. The summed E-state index contributed by atoms with van der Waals surface area (Å²) in [6.45, 7) is 0.390. The highest BCUT2D eigenvalue weighted by molar-refractivity contribution is 7.90. The average Bonchev–Trinajstić information content (AvgIpc) is 2.29. The van der Waals surface area contributed by atoms with Crippen LogP contribution in [0.4, 0.5) is 10.1 Å². The maximum Gasteiger partial charge on any atom is 0.335 e. The summed E-state index contributed by atoms with van der Waals surface area (Å²) in [5, 5.41) is 8.70. The van der Waals surface area contributed by atoms with Gasteiger partial charge in [-0.25, -0.2) is 9.18 Å². The van der Waals surface area contributed by atoms with E-state index >= 15 is 0 Å². The number of nitrogens with zero attached hydrogens (tertiary/aromatic N) is 1. The van der Waals surface area contributed by atoms with Crippen molar-refractivity contribution in [2.75, 3.05) is 24.9 Å². The first-order chi connectivity index (χ1) is 9.33. The third-order valence-corrected chi connectivity index (χ3v) is 4.40. The zero-order valence-electron chi connectivity index (χ0n) is 10.5. The standard InChI is InChI=1S/C11H13FN2O5S/c1-19-8-5-14(6-8)20(17,18)13-10-3-2-7(11(15)16)4-9(10)12/h2-4,8,13H,5-6H2,1H3,(H,15,16). The molecule has 1 aromatic rings. The Labute approximate surface area is 115 Å². The lowest BCUT2D eigenvalue weighted by molar-refractivity contribution is 0.0128. The van der Waals surface area contributed by atoms with Crippen molar-refractivity contribution in [3.05, 3.63) is 29.6 Å². The quantitative estimate of drug-likeness (QED) is 0.826. The van der Waals surface area contributed by atoms with Gasteiger partial charge in [-0.15, -0.1) is 0 Å². The van der Waals surface area contributed by atoms with Crippen LogP contribution in [0.5, 0.6) is 0 Å². The van der Waals surface area contributed by atoms with E-state index in [0.29, 0.717) is 0 Å². The van der Waals surface area contributed by atoms with Crippen molar-refractivity contribution in [2.24, 2.45) is 0 Å². The van der Waals surface area contributed by atoms with Gasteiger partial charge in [-0.1, -0.05) is 0 Å². The monoisotopic (exact) mass is 304 g/mol. The van der Waals surface area contributed by atoms with Crippen molar-refractivity contribution in [1.29, 1.82) is 0 Å².